The Kier molecular flexibility index (Phi) is 4.07. The smallest absolute Gasteiger partial charge is 0.133 e. The van der Waals surface area contributed by atoms with Crippen molar-refractivity contribution in [1.82, 2.24) is 4.90 Å². The van der Waals surface area contributed by atoms with E-state index >= 15 is 0 Å². The summed E-state index contributed by atoms with van der Waals surface area (Å²) in [6.45, 7) is 2.09. The Morgan fingerprint density at radius 2 is 2.06 bits per heavy atom. The lowest BCUT2D eigenvalue weighted by atomic mass is 9.94. The predicted octanol–water partition coefficient (Wildman–Crippen LogP) is 1.34. The molecule has 1 aliphatic rings. The Hall–Kier alpha value is -1.45. The van der Waals surface area contributed by atoms with Gasteiger partial charge in [-0.3, -0.25) is 4.90 Å². The third kappa shape index (κ3) is 2.81. The van der Waals surface area contributed by atoms with Gasteiger partial charge in [-0.15, -0.1) is 0 Å². The molecule has 0 aromatic heterocycles. The van der Waals surface area contributed by atoms with E-state index in [4.69, 9.17) is 0 Å². The minimum atomic E-state index is 0.0690. The number of rotatable bonds is 4. The summed E-state index contributed by atoms with van der Waals surface area (Å²) < 4.78 is 0. The predicted molar refractivity (Wildman–Crippen MR) is 67.6 cm³/mol. The molecule has 90 valence electrons. The minimum absolute atomic E-state index is 0.0690. The zero-order chi connectivity index (χ0) is 12.1. The average molecular weight is 231 g/mol. The minimum Gasteiger partial charge on any atom is -0.392 e. The zero-order valence-corrected chi connectivity index (χ0v) is 9.80. The summed E-state index contributed by atoms with van der Waals surface area (Å²) in [5.41, 5.74) is 3.45. The summed E-state index contributed by atoms with van der Waals surface area (Å²) in [5.74, 6) is 0. The number of hydrogen-bond donors (Lipinski definition) is 1. The van der Waals surface area contributed by atoms with Crippen LogP contribution in [0.25, 0.3) is 5.57 Å². The molecule has 1 aromatic rings. The molecule has 0 aliphatic carbocycles. The molecular weight excluding hydrogens is 214 g/mol. The van der Waals surface area contributed by atoms with Gasteiger partial charge in [0.05, 0.1) is 13.2 Å². The summed E-state index contributed by atoms with van der Waals surface area (Å²) in [7, 11) is 0. The molecule has 0 saturated carbocycles. The number of benzene rings is 1. The van der Waals surface area contributed by atoms with Crippen molar-refractivity contribution in [2.75, 3.05) is 26.2 Å². The van der Waals surface area contributed by atoms with Crippen LogP contribution in [0.3, 0.4) is 0 Å². The monoisotopic (exact) mass is 231 g/mol. The third-order valence-corrected chi connectivity index (χ3v) is 3.17. The summed E-state index contributed by atoms with van der Waals surface area (Å²) >= 11 is 0. The van der Waals surface area contributed by atoms with Gasteiger partial charge in [0.1, 0.15) is 6.29 Å². The molecule has 17 heavy (non-hydrogen) atoms. The lowest BCUT2D eigenvalue weighted by Crippen LogP contribution is -2.33. The molecule has 0 saturated heterocycles. The van der Waals surface area contributed by atoms with Crippen molar-refractivity contribution < 1.29 is 9.90 Å². The SMILES string of the molecule is O=CCN1CCC(c2ccccc2)=C(CO)C1. The van der Waals surface area contributed by atoms with Crippen LogP contribution in [0.15, 0.2) is 35.9 Å². The highest BCUT2D eigenvalue weighted by Gasteiger charge is 2.18. The van der Waals surface area contributed by atoms with Crippen LogP contribution in [0.4, 0.5) is 0 Å². The van der Waals surface area contributed by atoms with Crippen molar-refractivity contribution in [3.63, 3.8) is 0 Å². The Balaban J connectivity index is 2.23. The van der Waals surface area contributed by atoms with E-state index in [1.54, 1.807) is 0 Å². The van der Waals surface area contributed by atoms with Crippen LogP contribution in [0.2, 0.25) is 0 Å². The molecule has 1 N–H and O–H groups in total. The van der Waals surface area contributed by atoms with Crippen LogP contribution in [0.1, 0.15) is 12.0 Å². The maximum Gasteiger partial charge on any atom is 0.133 e. The lowest BCUT2D eigenvalue weighted by molar-refractivity contribution is -0.108. The number of nitrogens with zero attached hydrogens (tertiary/aromatic N) is 1. The van der Waals surface area contributed by atoms with Crippen molar-refractivity contribution in [3.05, 3.63) is 41.5 Å². The molecule has 2 rings (SSSR count). The number of hydrogen-bond acceptors (Lipinski definition) is 3. The highest BCUT2D eigenvalue weighted by Crippen LogP contribution is 2.26. The van der Waals surface area contributed by atoms with Gasteiger partial charge < -0.3 is 9.90 Å². The lowest BCUT2D eigenvalue weighted by Gasteiger charge is -2.29. The Labute approximate surface area is 101 Å². The number of aldehydes is 1. The highest BCUT2D eigenvalue weighted by atomic mass is 16.3. The molecule has 1 aliphatic heterocycles. The second kappa shape index (κ2) is 5.75. The number of carbonyl (C=O) groups is 1. The number of carbonyl (C=O) groups excluding carboxylic acids is 1. The van der Waals surface area contributed by atoms with Gasteiger partial charge in [0.25, 0.3) is 0 Å². The van der Waals surface area contributed by atoms with Gasteiger partial charge in [0.2, 0.25) is 0 Å². The molecule has 0 atom stereocenters. The molecule has 0 radical (unpaired) electrons. The van der Waals surface area contributed by atoms with E-state index in [-0.39, 0.29) is 6.61 Å². The van der Waals surface area contributed by atoms with Crippen LogP contribution < -0.4 is 0 Å². The van der Waals surface area contributed by atoms with Gasteiger partial charge >= 0.3 is 0 Å². The topological polar surface area (TPSA) is 40.5 Å². The fraction of sp³-hybridized carbons (Fsp3) is 0.357. The van der Waals surface area contributed by atoms with Crippen molar-refractivity contribution in [2.24, 2.45) is 0 Å². The molecule has 3 nitrogen and oxygen atoms in total. The summed E-state index contributed by atoms with van der Waals surface area (Å²) in [5, 5.41) is 9.44. The van der Waals surface area contributed by atoms with Crippen LogP contribution in [-0.2, 0) is 4.79 Å². The second-order valence-electron chi connectivity index (χ2n) is 4.26. The first-order valence-electron chi connectivity index (χ1n) is 5.88. The number of aliphatic hydroxyl groups excluding tert-OH is 1. The summed E-state index contributed by atoms with van der Waals surface area (Å²) in [6.07, 6.45) is 1.82. The van der Waals surface area contributed by atoms with Crippen LogP contribution in [-0.4, -0.2) is 42.5 Å². The van der Waals surface area contributed by atoms with E-state index in [1.807, 2.05) is 18.2 Å². The van der Waals surface area contributed by atoms with Crippen molar-refractivity contribution in [1.29, 1.82) is 0 Å². The summed E-state index contributed by atoms with van der Waals surface area (Å²) in [6, 6.07) is 10.1. The molecule has 0 amide bonds. The maximum absolute atomic E-state index is 10.5. The van der Waals surface area contributed by atoms with Gasteiger partial charge in [0.15, 0.2) is 0 Å². The average Bonchev–Trinajstić information content (AvgIpc) is 2.40. The van der Waals surface area contributed by atoms with E-state index in [2.05, 4.69) is 17.0 Å². The quantitative estimate of drug-likeness (QED) is 0.795. The largest absolute Gasteiger partial charge is 0.392 e. The van der Waals surface area contributed by atoms with E-state index in [0.717, 1.165) is 24.8 Å². The molecule has 0 fully saturated rings. The van der Waals surface area contributed by atoms with Crippen LogP contribution in [0, 0.1) is 0 Å². The van der Waals surface area contributed by atoms with Gasteiger partial charge in [-0.2, -0.15) is 0 Å². The molecule has 0 bridgehead atoms. The zero-order valence-electron chi connectivity index (χ0n) is 9.80. The van der Waals surface area contributed by atoms with E-state index < -0.39 is 0 Å². The van der Waals surface area contributed by atoms with E-state index in [9.17, 15) is 9.90 Å². The molecule has 0 spiro atoms. The van der Waals surface area contributed by atoms with Gasteiger partial charge in [-0.25, -0.2) is 0 Å². The van der Waals surface area contributed by atoms with Gasteiger partial charge in [-0.1, -0.05) is 30.3 Å². The molecule has 1 aromatic carbocycles. The molecule has 1 heterocycles. The molecular formula is C14H17NO2. The Bertz CT molecular complexity index is 411. The van der Waals surface area contributed by atoms with Crippen molar-refractivity contribution in [3.8, 4) is 0 Å². The van der Waals surface area contributed by atoms with Crippen molar-refractivity contribution >= 4 is 11.9 Å². The second-order valence-corrected chi connectivity index (χ2v) is 4.26. The first-order valence-corrected chi connectivity index (χ1v) is 5.88. The van der Waals surface area contributed by atoms with E-state index in [1.165, 1.54) is 11.1 Å². The number of aliphatic hydroxyl groups is 1. The maximum atomic E-state index is 10.5. The normalized spacial score (nSPS) is 17.2. The first kappa shape index (κ1) is 12.0. The molecule has 0 unspecified atom stereocenters. The fourth-order valence-electron chi connectivity index (χ4n) is 2.29. The van der Waals surface area contributed by atoms with Gasteiger partial charge in [0, 0.05) is 13.1 Å². The van der Waals surface area contributed by atoms with Crippen LogP contribution in [0.5, 0.6) is 0 Å². The fourth-order valence-corrected chi connectivity index (χ4v) is 2.29. The standard InChI is InChI=1S/C14H17NO2/c16-9-8-15-7-6-14(13(10-15)11-17)12-4-2-1-3-5-12/h1-5,9,17H,6-8,10-11H2. The summed E-state index contributed by atoms with van der Waals surface area (Å²) in [4.78, 5) is 12.6. The Morgan fingerprint density at radius 1 is 1.29 bits per heavy atom. The van der Waals surface area contributed by atoms with Crippen molar-refractivity contribution in [2.45, 2.75) is 6.42 Å². The Morgan fingerprint density at radius 3 is 2.71 bits per heavy atom. The first-order chi connectivity index (χ1) is 8.35. The van der Waals surface area contributed by atoms with Crippen LogP contribution >= 0.6 is 0 Å². The third-order valence-electron chi connectivity index (χ3n) is 3.17. The highest BCUT2D eigenvalue weighted by molar-refractivity contribution is 5.70. The molecule has 3 heteroatoms. The van der Waals surface area contributed by atoms with Gasteiger partial charge in [-0.05, 0) is 23.1 Å². The van der Waals surface area contributed by atoms with E-state index in [0.29, 0.717) is 13.1 Å².